The van der Waals surface area contributed by atoms with Crippen molar-refractivity contribution in [1.29, 1.82) is 0 Å². The zero-order valence-electron chi connectivity index (χ0n) is 5.35. The van der Waals surface area contributed by atoms with Crippen LogP contribution in [0.3, 0.4) is 0 Å². The first-order valence-electron chi connectivity index (χ1n) is 2.79. The predicted molar refractivity (Wildman–Crippen MR) is 34.8 cm³/mol. The fourth-order valence-corrected chi connectivity index (χ4v) is 0.715. The van der Waals surface area contributed by atoms with Gasteiger partial charge in [-0.25, -0.2) is 0 Å². The highest BCUT2D eigenvalue weighted by atomic mass is 31.2. The summed E-state index contributed by atoms with van der Waals surface area (Å²) in [7, 11) is -1.61. The van der Waals surface area contributed by atoms with Gasteiger partial charge < -0.3 is 4.52 Å². The van der Waals surface area contributed by atoms with Gasteiger partial charge in [0.25, 0.3) is 0 Å². The summed E-state index contributed by atoms with van der Waals surface area (Å²) in [5.74, 6) is 0. The molecule has 1 atom stereocenters. The van der Waals surface area contributed by atoms with Crippen LogP contribution in [0, 0.1) is 0 Å². The molecule has 50 valence electrons. The monoisotopic (exact) mass is 138 g/mol. The molecule has 0 amide bonds. The average Bonchev–Trinajstić information content (AvgIpc) is 1.66. The lowest BCUT2D eigenvalue weighted by Crippen LogP contribution is -1.83. The Balaban J connectivity index is 2.72. The van der Waals surface area contributed by atoms with Crippen LogP contribution in [-0.2, 0) is 4.52 Å². The highest BCUT2D eigenvalue weighted by molar-refractivity contribution is 7.45. The van der Waals surface area contributed by atoms with Crippen LogP contribution in [-0.4, -0.2) is 13.3 Å². The summed E-state index contributed by atoms with van der Waals surface area (Å²) in [6, 6.07) is 0. The molecule has 0 radical (unpaired) electrons. The van der Waals surface area contributed by atoms with Crippen LogP contribution in [0.4, 0.5) is 4.20 Å². The van der Waals surface area contributed by atoms with Gasteiger partial charge in [-0.05, 0) is 6.42 Å². The van der Waals surface area contributed by atoms with E-state index in [1.807, 2.05) is 0 Å². The summed E-state index contributed by atoms with van der Waals surface area (Å²) in [4.78, 5) is 0. The van der Waals surface area contributed by atoms with Gasteiger partial charge in [-0.15, -0.1) is 0 Å². The molecule has 0 aliphatic carbocycles. The lowest BCUT2D eigenvalue weighted by Gasteiger charge is -1.99. The summed E-state index contributed by atoms with van der Waals surface area (Å²) in [5.41, 5.74) is 0. The van der Waals surface area contributed by atoms with E-state index in [4.69, 9.17) is 0 Å². The third-order valence-corrected chi connectivity index (χ3v) is 1.31. The predicted octanol–water partition coefficient (Wildman–Crippen LogP) is 2.71. The molecule has 0 saturated carbocycles. The molecule has 0 aliphatic heterocycles. The van der Waals surface area contributed by atoms with Crippen molar-refractivity contribution in [1.82, 2.24) is 0 Å². The molecule has 0 heterocycles. The summed E-state index contributed by atoms with van der Waals surface area (Å²) < 4.78 is 16.5. The van der Waals surface area contributed by atoms with E-state index in [-0.39, 0.29) is 0 Å². The van der Waals surface area contributed by atoms with Gasteiger partial charge in [-0.2, -0.15) is 4.20 Å². The Kier molecular flexibility index (Phi) is 5.67. The molecule has 0 aromatic heterocycles. The first kappa shape index (κ1) is 8.32. The third kappa shape index (κ3) is 6.32. The van der Waals surface area contributed by atoms with Gasteiger partial charge >= 0.3 is 0 Å². The molecule has 0 aromatic carbocycles. The minimum absolute atomic E-state index is 0.579. The molecule has 0 bridgehead atoms. The quantitative estimate of drug-likeness (QED) is 0.428. The first-order valence-corrected chi connectivity index (χ1v) is 4.39. The van der Waals surface area contributed by atoms with E-state index in [2.05, 4.69) is 11.4 Å². The molecule has 1 unspecified atom stereocenters. The van der Waals surface area contributed by atoms with Crippen LogP contribution in [0.15, 0.2) is 0 Å². The van der Waals surface area contributed by atoms with E-state index in [0.29, 0.717) is 6.61 Å². The maximum atomic E-state index is 11.9. The highest BCUT2D eigenvalue weighted by Crippen LogP contribution is 2.32. The Labute approximate surface area is 51.2 Å². The van der Waals surface area contributed by atoms with Gasteiger partial charge in [0.15, 0.2) is 0 Å². The first-order chi connectivity index (χ1) is 3.77. The van der Waals surface area contributed by atoms with Gasteiger partial charge in [0.2, 0.25) is 8.46 Å². The van der Waals surface area contributed by atoms with Crippen LogP contribution in [0.25, 0.3) is 0 Å². The minimum Gasteiger partial charge on any atom is -0.331 e. The van der Waals surface area contributed by atoms with E-state index >= 15 is 0 Å². The lowest BCUT2D eigenvalue weighted by molar-refractivity contribution is 0.326. The molecule has 0 aromatic rings. The van der Waals surface area contributed by atoms with Gasteiger partial charge in [0.05, 0.1) is 6.61 Å². The molecule has 1 nitrogen and oxygen atoms in total. The molecule has 3 heteroatoms. The van der Waals surface area contributed by atoms with Crippen LogP contribution >= 0.6 is 8.46 Å². The standard InChI is InChI=1S/C5H12FOP/c1-3-4-5-7-8(2)6/h3-5H2,1-2H3. The summed E-state index contributed by atoms with van der Waals surface area (Å²) >= 11 is 0. The Bertz CT molecular complexity index is 49.7. The Morgan fingerprint density at radius 3 is 2.62 bits per heavy atom. The van der Waals surface area contributed by atoms with Crippen LogP contribution in [0.2, 0.25) is 0 Å². The van der Waals surface area contributed by atoms with Crippen molar-refractivity contribution in [3.8, 4) is 0 Å². The average molecular weight is 138 g/mol. The van der Waals surface area contributed by atoms with E-state index in [9.17, 15) is 4.20 Å². The number of halogens is 1. The van der Waals surface area contributed by atoms with E-state index < -0.39 is 8.46 Å². The second-order valence-corrected chi connectivity index (χ2v) is 2.71. The zero-order chi connectivity index (χ0) is 6.41. The van der Waals surface area contributed by atoms with Gasteiger partial charge in [0, 0.05) is 6.66 Å². The van der Waals surface area contributed by atoms with Gasteiger partial charge in [-0.1, -0.05) is 13.3 Å². The molecule has 0 fully saturated rings. The molecule has 0 spiro atoms. The molecule has 0 saturated heterocycles. The number of hydrogen-bond acceptors (Lipinski definition) is 1. The Hall–Kier alpha value is 0.320. The van der Waals surface area contributed by atoms with Crippen molar-refractivity contribution >= 4 is 8.46 Å². The zero-order valence-corrected chi connectivity index (χ0v) is 6.25. The minimum atomic E-state index is -1.61. The Morgan fingerprint density at radius 1 is 1.62 bits per heavy atom. The normalized spacial score (nSPS) is 13.9. The Morgan fingerprint density at radius 2 is 2.25 bits per heavy atom. The topological polar surface area (TPSA) is 9.23 Å². The van der Waals surface area contributed by atoms with Crippen molar-refractivity contribution < 1.29 is 8.72 Å². The molecular formula is C5H12FOP. The fraction of sp³-hybridized carbons (Fsp3) is 1.00. The van der Waals surface area contributed by atoms with Crippen molar-refractivity contribution in [2.45, 2.75) is 19.8 Å². The fourth-order valence-electron chi connectivity index (χ4n) is 0.335. The molecule has 8 heavy (non-hydrogen) atoms. The van der Waals surface area contributed by atoms with Gasteiger partial charge in [-0.3, -0.25) is 0 Å². The van der Waals surface area contributed by atoms with Crippen LogP contribution in [0.5, 0.6) is 0 Å². The lowest BCUT2D eigenvalue weighted by atomic mass is 10.4. The molecule has 0 aliphatic rings. The largest absolute Gasteiger partial charge is 0.331 e. The van der Waals surface area contributed by atoms with Crippen molar-refractivity contribution in [2.75, 3.05) is 13.3 Å². The van der Waals surface area contributed by atoms with Crippen LogP contribution < -0.4 is 0 Å². The van der Waals surface area contributed by atoms with Crippen molar-refractivity contribution in [3.63, 3.8) is 0 Å². The third-order valence-electron chi connectivity index (χ3n) is 0.767. The summed E-state index contributed by atoms with van der Waals surface area (Å²) in [5, 5.41) is 0. The summed E-state index contributed by atoms with van der Waals surface area (Å²) in [6.45, 7) is 4.10. The number of rotatable bonds is 4. The molecule has 0 rings (SSSR count). The maximum absolute atomic E-state index is 11.9. The van der Waals surface area contributed by atoms with Crippen molar-refractivity contribution in [2.24, 2.45) is 0 Å². The van der Waals surface area contributed by atoms with E-state index in [1.54, 1.807) is 0 Å². The number of unbranched alkanes of at least 4 members (excludes halogenated alkanes) is 1. The second-order valence-electron chi connectivity index (χ2n) is 1.61. The van der Waals surface area contributed by atoms with E-state index in [0.717, 1.165) is 12.8 Å². The highest BCUT2D eigenvalue weighted by Gasteiger charge is 1.94. The van der Waals surface area contributed by atoms with Crippen molar-refractivity contribution in [3.05, 3.63) is 0 Å². The number of hydrogen-bond donors (Lipinski definition) is 0. The maximum Gasteiger partial charge on any atom is 0.216 e. The van der Waals surface area contributed by atoms with Gasteiger partial charge in [0.1, 0.15) is 0 Å². The van der Waals surface area contributed by atoms with Crippen LogP contribution in [0.1, 0.15) is 19.8 Å². The molecular weight excluding hydrogens is 126 g/mol. The molecule has 0 N–H and O–H groups in total. The smallest absolute Gasteiger partial charge is 0.216 e. The SMILES string of the molecule is CCCCOP(C)F. The van der Waals surface area contributed by atoms with E-state index in [1.165, 1.54) is 6.66 Å². The second kappa shape index (κ2) is 5.46. The summed E-state index contributed by atoms with van der Waals surface area (Å²) in [6.07, 6.45) is 2.04.